The predicted molar refractivity (Wildman–Crippen MR) is 149 cm³/mol. The highest BCUT2D eigenvalue weighted by atomic mass is 32.1. The minimum Gasteiger partial charge on any atom is -0.349 e. The number of aryl methyl sites for hydroxylation is 3. The minimum absolute atomic E-state index is 0.251. The Kier molecular flexibility index (Phi) is 5.86. The van der Waals surface area contributed by atoms with Crippen molar-refractivity contribution in [2.45, 2.75) is 63.5 Å². The van der Waals surface area contributed by atoms with Gasteiger partial charge in [0.2, 0.25) is 0 Å². The molecule has 0 radical (unpaired) electrons. The second-order valence-corrected chi connectivity index (χ2v) is 13.8. The van der Waals surface area contributed by atoms with Gasteiger partial charge >= 0.3 is 17.8 Å². The molecule has 0 spiro atoms. The number of halogens is 6. The summed E-state index contributed by atoms with van der Waals surface area (Å²) in [6, 6.07) is 10.6. The third-order valence-corrected chi connectivity index (χ3v) is 10.4. The molecule has 6 rings (SSSR count). The van der Waals surface area contributed by atoms with Gasteiger partial charge in [-0.1, -0.05) is 32.0 Å². The minimum atomic E-state index is -5.58. The van der Waals surface area contributed by atoms with Crippen molar-refractivity contribution < 1.29 is 31.1 Å². The van der Waals surface area contributed by atoms with E-state index < -0.39 is 40.1 Å². The summed E-state index contributed by atoms with van der Waals surface area (Å²) in [5, 5.41) is 0. The van der Waals surface area contributed by atoms with Gasteiger partial charge in [0.1, 0.15) is 0 Å². The number of allylic oxidation sites excluding steroid dienone is 2. The van der Waals surface area contributed by atoms with Crippen molar-refractivity contribution in [2.24, 2.45) is 0 Å². The average molecular weight is 596 g/mol. The Bertz CT molecular complexity index is 1600. The number of thiophene rings is 2. The molecule has 212 valence electrons. The quantitative estimate of drug-likeness (QED) is 0.279. The SMILES string of the molecule is Cc1cc(C2=C(c3cc(/C=C/C45OCCN4c4ccccc4C5(C)C)sc3C)C(F)(F)C(F)(F)C2(F)F)c(C)s1. The van der Waals surface area contributed by atoms with E-state index in [-0.39, 0.29) is 20.9 Å². The van der Waals surface area contributed by atoms with E-state index >= 15 is 17.6 Å². The maximum absolute atomic E-state index is 15.4. The highest BCUT2D eigenvalue weighted by Crippen LogP contribution is 2.66. The van der Waals surface area contributed by atoms with Gasteiger partial charge in [-0.2, -0.15) is 26.3 Å². The van der Waals surface area contributed by atoms with Crippen LogP contribution in [0.2, 0.25) is 0 Å². The molecule has 1 fully saturated rings. The number of anilines is 1. The zero-order chi connectivity index (χ0) is 29.0. The van der Waals surface area contributed by atoms with Crippen molar-refractivity contribution in [1.82, 2.24) is 0 Å². The number of para-hydroxylation sites is 1. The predicted octanol–water partition coefficient (Wildman–Crippen LogP) is 9.10. The fraction of sp³-hybridized carbons (Fsp3) is 0.400. The summed E-state index contributed by atoms with van der Waals surface area (Å²) < 4.78 is 97.1. The fourth-order valence-corrected chi connectivity index (χ4v) is 8.34. The number of nitrogens with zero attached hydrogens (tertiary/aromatic N) is 1. The second-order valence-electron chi connectivity index (χ2n) is 11.1. The lowest BCUT2D eigenvalue weighted by Crippen LogP contribution is -2.51. The van der Waals surface area contributed by atoms with Gasteiger partial charge in [-0.3, -0.25) is 0 Å². The molecular weight excluding hydrogens is 568 g/mol. The number of benzene rings is 1. The van der Waals surface area contributed by atoms with Gasteiger partial charge in [-0.15, -0.1) is 22.7 Å². The van der Waals surface area contributed by atoms with Crippen LogP contribution in [-0.2, 0) is 10.2 Å². The molecule has 1 atom stereocenters. The molecule has 3 aliphatic rings. The number of hydrogen-bond donors (Lipinski definition) is 0. The zero-order valence-electron chi connectivity index (χ0n) is 22.5. The molecule has 2 nitrogen and oxygen atoms in total. The van der Waals surface area contributed by atoms with Gasteiger partial charge in [0.25, 0.3) is 0 Å². The molecule has 40 heavy (non-hydrogen) atoms. The van der Waals surface area contributed by atoms with Crippen molar-refractivity contribution >= 4 is 45.6 Å². The van der Waals surface area contributed by atoms with E-state index in [4.69, 9.17) is 4.74 Å². The number of alkyl halides is 6. The highest BCUT2D eigenvalue weighted by molar-refractivity contribution is 7.13. The highest BCUT2D eigenvalue weighted by Gasteiger charge is 2.80. The summed E-state index contributed by atoms with van der Waals surface area (Å²) >= 11 is 2.20. The van der Waals surface area contributed by atoms with Crippen molar-refractivity contribution in [3.63, 3.8) is 0 Å². The zero-order valence-corrected chi connectivity index (χ0v) is 24.1. The summed E-state index contributed by atoms with van der Waals surface area (Å²) in [7, 11) is 0. The second kappa shape index (κ2) is 8.49. The Balaban J connectivity index is 1.48. The van der Waals surface area contributed by atoms with E-state index in [2.05, 4.69) is 18.7 Å². The summed E-state index contributed by atoms with van der Waals surface area (Å²) in [6.45, 7) is 9.88. The van der Waals surface area contributed by atoms with Gasteiger partial charge in [-0.05, 0) is 67.8 Å². The molecule has 1 unspecified atom stereocenters. The van der Waals surface area contributed by atoms with Crippen LogP contribution in [0.5, 0.6) is 0 Å². The Labute approximate surface area is 236 Å². The summed E-state index contributed by atoms with van der Waals surface area (Å²) in [6.07, 6.45) is 3.59. The van der Waals surface area contributed by atoms with Gasteiger partial charge in [0.05, 0.1) is 6.61 Å². The van der Waals surface area contributed by atoms with E-state index in [1.807, 2.05) is 30.3 Å². The molecule has 0 N–H and O–H groups in total. The maximum atomic E-state index is 15.4. The molecule has 0 saturated carbocycles. The number of hydrogen-bond acceptors (Lipinski definition) is 4. The normalized spacial score (nSPS) is 25.7. The van der Waals surface area contributed by atoms with Crippen LogP contribution in [0.25, 0.3) is 17.2 Å². The van der Waals surface area contributed by atoms with Crippen LogP contribution in [0.4, 0.5) is 32.0 Å². The van der Waals surface area contributed by atoms with Gasteiger partial charge in [0, 0.05) is 48.3 Å². The van der Waals surface area contributed by atoms with E-state index in [1.165, 1.54) is 26.0 Å². The third kappa shape index (κ3) is 3.32. The number of ether oxygens (including phenoxy) is 1. The largest absolute Gasteiger partial charge is 0.380 e. The lowest BCUT2D eigenvalue weighted by Gasteiger charge is -2.39. The Morgan fingerprint density at radius 2 is 1.45 bits per heavy atom. The maximum Gasteiger partial charge on any atom is 0.380 e. The molecular formula is C30H27F6NOS2. The molecule has 2 aromatic heterocycles. The lowest BCUT2D eigenvalue weighted by atomic mass is 9.77. The molecule has 1 aliphatic carbocycles. The van der Waals surface area contributed by atoms with E-state index in [1.54, 1.807) is 13.0 Å². The molecule has 3 aromatic rings. The van der Waals surface area contributed by atoms with Crippen LogP contribution in [-0.4, -0.2) is 36.6 Å². The lowest BCUT2D eigenvalue weighted by molar-refractivity contribution is -0.254. The fourth-order valence-electron chi connectivity index (χ4n) is 6.47. The summed E-state index contributed by atoms with van der Waals surface area (Å²) in [4.78, 5) is 3.74. The summed E-state index contributed by atoms with van der Waals surface area (Å²) in [5.41, 5.74) is -2.31. The van der Waals surface area contributed by atoms with Crippen LogP contribution in [0, 0.1) is 20.8 Å². The van der Waals surface area contributed by atoms with Crippen molar-refractivity contribution in [2.75, 3.05) is 18.1 Å². The molecule has 4 heterocycles. The Morgan fingerprint density at radius 1 is 0.850 bits per heavy atom. The van der Waals surface area contributed by atoms with Gasteiger partial charge in [0.15, 0.2) is 5.72 Å². The van der Waals surface area contributed by atoms with Crippen LogP contribution in [0.3, 0.4) is 0 Å². The number of rotatable bonds is 4. The third-order valence-electron chi connectivity index (χ3n) is 8.46. The van der Waals surface area contributed by atoms with Crippen LogP contribution in [0.1, 0.15) is 50.0 Å². The first-order chi connectivity index (χ1) is 18.6. The monoisotopic (exact) mass is 595 g/mol. The Hall–Kier alpha value is -2.56. The molecule has 1 aromatic carbocycles. The molecule has 2 aliphatic heterocycles. The molecule has 0 bridgehead atoms. The average Bonchev–Trinajstić information content (AvgIpc) is 3.61. The van der Waals surface area contributed by atoms with Crippen LogP contribution in [0.15, 0.2) is 42.5 Å². The number of fused-ring (bicyclic) bond motifs is 3. The topological polar surface area (TPSA) is 12.5 Å². The molecule has 10 heteroatoms. The van der Waals surface area contributed by atoms with Crippen molar-refractivity contribution in [3.05, 3.63) is 78.7 Å². The molecule has 0 amide bonds. The van der Waals surface area contributed by atoms with E-state index in [0.29, 0.717) is 22.9 Å². The first-order valence-electron chi connectivity index (χ1n) is 12.8. The van der Waals surface area contributed by atoms with Crippen molar-refractivity contribution in [3.8, 4) is 0 Å². The smallest absolute Gasteiger partial charge is 0.349 e. The van der Waals surface area contributed by atoms with Gasteiger partial charge < -0.3 is 9.64 Å². The van der Waals surface area contributed by atoms with E-state index in [0.717, 1.165) is 33.9 Å². The van der Waals surface area contributed by atoms with E-state index in [9.17, 15) is 8.78 Å². The van der Waals surface area contributed by atoms with Crippen LogP contribution < -0.4 is 4.90 Å². The standard InChI is InChI=1S/C30H27F6NOS2/c1-16-14-20(17(2)39-16)24-25(29(33,34)30(35,36)28(24,31)32)21-15-19(40-18(21)3)10-11-27-26(4,5)22-8-6-7-9-23(22)37(27)12-13-38-27/h6-11,14-15H,12-13H2,1-5H3/b11-10+. The van der Waals surface area contributed by atoms with Crippen molar-refractivity contribution in [1.29, 1.82) is 0 Å². The first kappa shape index (κ1) is 27.6. The van der Waals surface area contributed by atoms with Gasteiger partial charge in [-0.25, -0.2) is 0 Å². The first-order valence-corrected chi connectivity index (χ1v) is 14.5. The Morgan fingerprint density at radius 3 is 2.08 bits per heavy atom. The summed E-state index contributed by atoms with van der Waals surface area (Å²) in [5.74, 6) is -15.7. The van der Waals surface area contributed by atoms with Crippen LogP contribution >= 0.6 is 22.7 Å². The molecule has 1 saturated heterocycles.